The van der Waals surface area contributed by atoms with Crippen LogP contribution in [0.4, 0.5) is 0 Å². The fourth-order valence-corrected chi connectivity index (χ4v) is 2.16. The summed E-state index contributed by atoms with van der Waals surface area (Å²) in [4.78, 5) is 24.3. The zero-order chi connectivity index (χ0) is 18.4. The summed E-state index contributed by atoms with van der Waals surface area (Å²) in [5.74, 6) is 0.0983. The molecule has 1 atom stereocenters. The molecule has 0 heterocycles. The third-order valence-corrected chi connectivity index (χ3v) is 3.81. The molecular weight excluding hydrogens is 320 g/mol. The lowest BCUT2D eigenvalue weighted by Gasteiger charge is -2.16. The average Bonchev–Trinajstić information content (AvgIpc) is 2.62. The number of methoxy groups -OCH3 is 1. The van der Waals surface area contributed by atoms with Crippen LogP contribution < -0.4 is 20.3 Å². The molecule has 0 spiro atoms. The van der Waals surface area contributed by atoms with Crippen molar-refractivity contribution in [3.8, 4) is 11.5 Å². The third-order valence-electron chi connectivity index (χ3n) is 3.81. The maximum absolute atomic E-state index is 12.1. The Morgan fingerprint density at radius 2 is 1.72 bits per heavy atom. The Labute approximate surface area is 147 Å². The van der Waals surface area contributed by atoms with Crippen LogP contribution in [0.15, 0.2) is 42.5 Å². The van der Waals surface area contributed by atoms with Crippen molar-refractivity contribution < 1.29 is 19.1 Å². The van der Waals surface area contributed by atoms with Crippen LogP contribution in [0.25, 0.3) is 0 Å². The summed E-state index contributed by atoms with van der Waals surface area (Å²) in [5, 5.41) is 0. The first-order valence-corrected chi connectivity index (χ1v) is 7.89. The maximum Gasteiger partial charge on any atom is 0.279 e. The highest BCUT2D eigenvalue weighted by molar-refractivity contribution is 5.98. The largest absolute Gasteiger partial charge is 0.496 e. The smallest absolute Gasteiger partial charge is 0.279 e. The van der Waals surface area contributed by atoms with Gasteiger partial charge in [-0.05, 0) is 56.2 Å². The minimum atomic E-state index is -0.764. The van der Waals surface area contributed by atoms with E-state index < -0.39 is 17.9 Å². The van der Waals surface area contributed by atoms with E-state index in [9.17, 15) is 9.59 Å². The van der Waals surface area contributed by atoms with E-state index in [0.29, 0.717) is 17.1 Å². The van der Waals surface area contributed by atoms with Crippen molar-refractivity contribution in [3.63, 3.8) is 0 Å². The molecule has 0 saturated carbocycles. The van der Waals surface area contributed by atoms with Crippen LogP contribution in [0, 0.1) is 13.8 Å². The predicted molar refractivity (Wildman–Crippen MR) is 94.6 cm³/mol. The Balaban J connectivity index is 1.92. The number of hydrogen-bond donors (Lipinski definition) is 2. The molecule has 25 heavy (non-hydrogen) atoms. The fraction of sp³-hybridized carbons (Fsp3) is 0.263. The maximum atomic E-state index is 12.1. The molecule has 2 N–H and O–H groups in total. The molecular formula is C19H22N2O4. The number of aryl methyl sites for hydroxylation is 2. The van der Waals surface area contributed by atoms with Crippen molar-refractivity contribution >= 4 is 11.8 Å². The molecule has 2 rings (SSSR count). The second-order valence-electron chi connectivity index (χ2n) is 5.65. The van der Waals surface area contributed by atoms with E-state index in [1.54, 1.807) is 37.3 Å². The Morgan fingerprint density at radius 3 is 2.40 bits per heavy atom. The molecule has 132 valence electrons. The van der Waals surface area contributed by atoms with Crippen molar-refractivity contribution in [1.29, 1.82) is 0 Å². The van der Waals surface area contributed by atoms with Crippen LogP contribution in [-0.2, 0) is 4.79 Å². The first-order valence-electron chi connectivity index (χ1n) is 7.89. The molecule has 0 aliphatic rings. The molecule has 2 amide bonds. The van der Waals surface area contributed by atoms with Gasteiger partial charge in [-0.25, -0.2) is 0 Å². The van der Waals surface area contributed by atoms with Gasteiger partial charge in [0.2, 0.25) is 0 Å². The van der Waals surface area contributed by atoms with Crippen LogP contribution in [-0.4, -0.2) is 25.0 Å². The molecule has 0 aliphatic carbocycles. The summed E-state index contributed by atoms with van der Waals surface area (Å²) in [6.07, 6.45) is -0.764. The normalized spacial score (nSPS) is 11.4. The van der Waals surface area contributed by atoms with Crippen LogP contribution >= 0.6 is 0 Å². The predicted octanol–water partition coefficient (Wildman–Crippen LogP) is 2.54. The van der Waals surface area contributed by atoms with Gasteiger partial charge in [0, 0.05) is 0 Å². The van der Waals surface area contributed by atoms with Crippen molar-refractivity contribution in [3.05, 3.63) is 59.2 Å². The highest BCUT2D eigenvalue weighted by atomic mass is 16.5. The third kappa shape index (κ3) is 4.73. The first-order chi connectivity index (χ1) is 11.9. The van der Waals surface area contributed by atoms with Crippen molar-refractivity contribution in [2.24, 2.45) is 0 Å². The number of amides is 2. The molecule has 0 aromatic heterocycles. The lowest BCUT2D eigenvalue weighted by atomic mass is 10.1. The number of hydrazine groups is 1. The Morgan fingerprint density at radius 1 is 1.00 bits per heavy atom. The summed E-state index contributed by atoms with van der Waals surface area (Å²) in [7, 11) is 1.48. The molecule has 0 bridgehead atoms. The van der Waals surface area contributed by atoms with Gasteiger partial charge in [0.05, 0.1) is 12.7 Å². The standard InChI is InChI=1S/C19H22N2O4/c1-12-9-10-15(11-13(12)2)25-14(3)18(22)20-21-19(23)16-7-5-6-8-17(16)24-4/h5-11,14H,1-4H3,(H,20,22)(H,21,23). The fourth-order valence-electron chi connectivity index (χ4n) is 2.16. The van der Waals surface area contributed by atoms with E-state index in [1.807, 2.05) is 26.0 Å². The van der Waals surface area contributed by atoms with E-state index in [0.717, 1.165) is 11.1 Å². The summed E-state index contributed by atoms with van der Waals surface area (Å²) >= 11 is 0. The van der Waals surface area contributed by atoms with E-state index in [2.05, 4.69) is 10.9 Å². The lowest BCUT2D eigenvalue weighted by Crippen LogP contribution is -2.47. The van der Waals surface area contributed by atoms with Gasteiger partial charge in [-0.2, -0.15) is 0 Å². The summed E-state index contributed by atoms with van der Waals surface area (Å²) in [5.41, 5.74) is 7.27. The highest BCUT2D eigenvalue weighted by Crippen LogP contribution is 2.18. The lowest BCUT2D eigenvalue weighted by molar-refractivity contribution is -0.128. The molecule has 0 aliphatic heterocycles. The second kappa shape index (κ2) is 8.19. The number of carbonyl (C=O) groups excluding carboxylic acids is 2. The van der Waals surface area contributed by atoms with Gasteiger partial charge in [-0.15, -0.1) is 0 Å². The SMILES string of the molecule is COc1ccccc1C(=O)NNC(=O)C(C)Oc1ccc(C)c(C)c1. The number of benzene rings is 2. The number of para-hydroxylation sites is 1. The quantitative estimate of drug-likeness (QED) is 0.819. The van der Waals surface area contributed by atoms with Crippen LogP contribution in [0.3, 0.4) is 0 Å². The molecule has 1 unspecified atom stereocenters. The van der Waals surface area contributed by atoms with E-state index in [1.165, 1.54) is 7.11 Å². The molecule has 0 fully saturated rings. The number of ether oxygens (including phenoxy) is 2. The summed E-state index contributed by atoms with van der Waals surface area (Å²) in [6, 6.07) is 12.3. The van der Waals surface area contributed by atoms with Crippen molar-refractivity contribution in [2.75, 3.05) is 7.11 Å². The second-order valence-corrected chi connectivity index (χ2v) is 5.65. The zero-order valence-corrected chi connectivity index (χ0v) is 14.8. The number of rotatable bonds is 5. The molecule has 6 nitrogen and oxygen atoms in total. The van der Waals surface area contributed by atoms with Crippen LogP contribution in [0.1, 0.15) is 28.4 Å². The van der Waals surface area contributed by atoms with E-state index in [4.69, 9.17) is 9.47 Å². The topological polar surface area (TPSA) is 76.7 Å². The Kier molecular flexibility index (Phi) is 6.00. The molecule has 2 aromatic carbocycles. The minimum absolute atomic E-state index is 0.327. The van der Waals surface area contributed by atoms with Gasteiger partial charge < -0.3 is 9.47 Å². The number of hydrogen-bond acceptors (Lipinski definition) is 4. The number of nitrogens with one attached hydrogen (secondary N) is 2. The molecule has 2 aromatic rings. The van der Waals surface area contributed by atoms with Gasteiger partial charge in [-0.3, -0.25) is 20.4 Å². The molecule has 0 radical (unpaired) electrons. The van der Waals surface area contributed by atoms with Gasteiger partial charge in [0.25, 0.3) is 11.8 Å². The van der Waals surface area contributed by atoms with Crippen molar-refractivity contribution in [2.45, 2.75) is 26.9 Å². The Bertz CT molecular complexity index is 774. The van der Waals surface area contributed by atoms with Gasteiger partial charge in [-0.1, -0.05) is 18.2 Å². The van der Waals surface area contributed by atoms with Gasteiger partial charge in [0.1, 0.15) is 11.5 Å². The van der Waals surface area contributed by atoms with Crippen molar-refractivity contribution in [1.82, 2.24) is 10.9 Å². The van der Waals surface area contributed by atoms with E-state index in [-0.39, 0.29) is 0 Å². The first kappa shape index (κ1) is 18.3. The van der Waals surface area contributed by atoms with Gasteiger partial charge in [0.15, 0.2) is 6.10 Å². The minimum Gasteiger partial charge on any atom is -0.496 e. The van der Waals surface area contributed by atoms with Crippen LogP contribution in [0.2, 0.25) is 0 Å². The van der Waals surface area contributed by atoms with E-state index >= 15 is 0 Å². The van der Waals surface area contributed by atoms with Crippen LogP contribution in [0.5, 0.6) is 11.5 Å². The summed E-state index contributed by atoms with van der Waals surface area (Å²) < 4.78 is 10.7. The average molecular weight is 342 g/mol. The summed E-state index contributed by atoms with van der Waals surface area (Å²) in [6.45, 7) is 5.59. The monoisotopic (exact) mass is 342 g/mol. The highest BCUT2D eigenvalue weighted by Gasteiger charge is 2.17. The number of carbonyl (C=O) groups is 2. The zero-order valence-electron chi connectivity index (χ0n) is 14.8. The molecule has 6 heteroatoms. The van der Waals surface area contributed by atoms with Gasteiger partial charge >= 0.3 is 0 Å². The molecule has 0 saturated heterocycles. The Hall–Kier alpha value is -3.02.